The molecule has 2 rings (SSSR count). The van der Waals surface area contributed by atoms with Crippen molar-refractivity contribution < 1.29 is 18.0 Å². The van der Waals surface area contributed by atoms with E-state index in [2.05, 4.69) is 26.2 Å². The number of rotatable bonds is 2. The zero-order chi connectivity index (χ0) is 14.0. The number of hydrogen-bond acceptors (Lipinski definition) is 2. The van der Waals surface area contributed by atoms with Gasteiger partial charge in [-0.3, -0.25) is 4.98 Å². The predicted octanol–water partition coefficient (Wildman–Crippen LogP) is 2.86. The number of alkyl halides is 3. The molecule has 1 aliphatic rings. The molecule has 0 bridgehead atoms. The molecule has 1 saturated heterocycles. The van der Waals surface area contributed by atoms with E-state index in [0.29, 0.717) is 17.4 Å². The van der Waals surface area contributed by atoms with Gasteiger partial charge in [0.1, 0.15) is 0 Å². The number of urea groups is 1. The number of pyridine rings is 1. The Bertz CT molecular complexity index is 463. The SMILES string of the molecule is O=C1NCCCN1C(c1ccc(Br)cn1)C(F)(F)F. The Morgan fingerprint density at radius 1 is 1.42 bits per heavy atom. The Hall–Kier alpha value is -1.31. The number of nitrogens with one attached hydrogen (secondary N) is 1. The minimum Gasteiger partial charge on any atom is -0.338 e. The molecule has 2 amide bonds. The smallest absolute Gasteiger partial charge is 0.338 e. The lowest BCUT2D eigenvalue weighted by molar-refractivity contribution is -0.180. The first kappa shape index (κ1) is 14.1. The molecule has 1 aromatic heterocycles. The molecule has 1 aromatic rings. The molecule has 0 saturated carbocycles. The number of hydrogen-bond donors (Lipinski definition) is 1. The highest BCUT2D eigenvalue weighted by molar-refractivity contribution is 9.10. The fourth-order valence-corrected chi connectivity index (χ4v) is 2.18. The van der Waals surface area contributed by atoms with Crippen LogP contribution >= 0.6 is 15.9 Å². The van der Waals surface area contributed by atoms with E-state index < -0.39 is 18.2 Å². The van der Waals surface area contributed by atoms with Gasteiger partial charge in [0.05, 0.1) is 5.69 Å². The van der Waals surface area contributed by atoms with Crippen LogP contribution in [0.4, 0.5) is 18.0 Å². The largest absolute Gasteiger partial charge is 0.414 e. The molecule has 1 fully saturated rings. The molecule has 104 valence electrons. The molecule has 1 atom stereocenters. The van der Waals surface area contributed by atoms with Crippen LogP contribution in [-0.2, 0) is 0 Å². The van der Waals surface area contributed by atoms with Gasteiger partial charge < -0.3 is 10.2 Å². The molecule has 4 nitrogen and oxygen atoms in total. The van der Waals surface area contributed by atoms with Crippen molar-refractivity contribution >= 4 is 22.0 Å². The highest BCUT2D eigenvalue weighted by Crippen LogP contribution is 2.37. The molecule has 0 radical (unpaired) electrons. The topological polar surface area (TPSA) is 45.2 Å². The van der Waals surface area contributed by atoms with E-state index in [4.69, 9.17) is 0 Å². The molecule has 0 aromatic carbocycles. The van der Waals surface area contributed by atoms with Crippen LogP contribution < -0.4 is 5.32 Å². The third kappa shape index (κ3) is 3.17. The lowest BCUT2D eigenvalue weighted by atomic mass is 10.1. The second-order valence-electron chi connectivity index (χ2n) is 4.12. The minimum absolute atomic E-state index is 0.0632. The Balaban J connectivity index is 2.35. The van der Waals surface area contributed by atoms with Crippen LogP contribution in [0.1, 0.15) is 18.2 Å². The zero-order valence-electron chi connectivity index (χ0n) is 9.75. The van der Waals surface area contributed by atoms with Gasteiger partial charge in [-0.1, -0.05) is 0 Å². The van der Waals surface area contributed by atoms with Crippen LogP contribution in [0.2, 0.25) is 0 Å². The van der Waals surface area contributed by atoms with Gasteiger partial charge in [-0.2, -0.15) is 13.2 Å². The van der Waals surface area contributed by atoms with Gasteiger partial charge in [0.15, 0.2) is 6.04 Å². The van der Waals surface area contributed by atoms with E-state index in [9.17, 15) is 18.0 Å². The van der Waals surface area contributed by atoms with E-state index >= 15 is 0 Å². The second-order valence-corrected chi connectivity index (χ2v) is 5.04. The molecule has 0 spiro atoms. The van der Waals surface area contributed by atoms with Gasteiger partial charge in [-0.05, 0) is 34.5 Å². The van der Waals surface area contributed by atoms with Crippen LogP contribution in [0.15, 0.2) is 22.8 Å². The second kappa shape index (κ2) is 5.36. The molecule has 1 aliphatic heterocycles. The van der Waals surface area contributed by atoms with Crippen molar-refractivity contribution in [3.63, 3.8) is 0 Å². The maximum Gasteiger partial charge on any atom is 0.414 e. The molecular weight excluding hydrogens is 327 g/mol. The van der Waals surface area contributed by atoms with Crippen molar-refractivity contribution in [1.29, 1.82) is 0 Å². The number of aromatic nitrogens is 1. The van der Waals surface area contributed by atoms with Crippen molar-refractivity contribution in [2.75, 3.05) is 13.1 Å². The number of halogens is 4. The summed E-state index contributed by atoms with van der Waals surface area (Å²) in [5.41, 5.74) is -0.187. The molecule has 2 heterocycles. The Morgan fingerprint density at radius 2 is 2.16 bits per heavy atom. The van der Waals surface area contributed by atoms with E-state index in [-0.39, 0.29) is 12.2 Å². The summed E-state index contributed by atoms with van der Waals surface area (Å²) in [4.78, 5) is 16.1. The maximum atomic E-state index is 13.2. The molecule has 8 heteroatoms. The Morgan fingerprint density at radius 3 is 2.68 bits per heavy atom. The third-order valence-electron chi connectivity index (χ3n) is 2.77. The van der Waals surface area contributed by atoms with E-state index in [1.165, 1.54) is 18.3 Å². The highest BCUT2D eigenvalue weighted by Gasteiger charge is 2.48. The third-order valence-corrected chi connectivity index (χ3v) is 3.23. The van der Waals surface area contributed by atoms with E-state index in [1.807, 2.05) is 0 Å². The lowest BCUT2D eigenvalue weighted by Crippen LogP contribution is -2.51. The van der Waals surface area contributed by atoms with Crippen LogP contribution in [0.25, 0.3) is 0 Å². The summed E-state index contributed by atoms with van der Waals surface area (Å²) in [5.74, 6) is 0. The fourth-order valence-electron chi connectivity index (χ4n) is 1.95. The number of nitrogens with zero attached hydrogens (tertiary/aromatic N) is 2. The summed E-state index contributed by atoms with van der Waals surface area (Å²) in [6.45, 7) is 0.460. The summed E-state index contributed by atoms with van der Waals surface area (Å²) in [6.07, 6.45) is -2.79. The van der Waals surface area contributed by atoms with Gasteiger partial charge in [-0.15, -0.1) is 0 Å². The highest BCUT2D eigenvalue weighted by atomic mass is 79.9. The summed E-state index contributed by atoms with van der Waals surface area (Å²) in [5, 5.41) is 2.42. The first-order valence-electron chi connectivity index (χ1n) is 5.62. The molecule has 0 aliphatic carbocycles. The molecule has 1 unspecified atom stereocenters. The molecule has 1 N–H and O–H groups in total. The van der Waals surface area contributed by atoms with Crippen molar-refractivity contribution in [2.45, 2.75) is 18.6 Å². The van der Waals surface area contributed by atoms with Crippen molar-refractivity contribution in [3.05, 3.63) is 28.5 Å². The summed E-state index contributed by atoms with van der Waals surface area (Å²) in [7, 11) is 0. The predicted molar refractivity (Wildman–Crippen MR) is 65.5 cm³/mol. The van der Waals surface area contributed by atoms with E-state index in [1.54, 1.807) is 0 Å². The lowest BCUT2D eigenvalue weighted by Gasteiger charge is -2.35. The Kier molecular flexibility index (Phi) is 3.98. The number of carbonyl (C=O) groups is 1. The zero-order valence-corrected chi connectivity index (χ0v) is 11.3. The standard InChI is InChI=1S/C11H11BrF3N3O/c12-7-2-3-8(17-6-7)9(11(13,14)15)18-5-1-4-16-10(18)19/h2-3,6,9H,1,4-5H2,(H,16,19). The first-order valence-corrected chi connectivity index (χ1v) is 6.41. The fraction of sp³-hybridized carbons (Fsp3) is 0.455. The summed E-state index contributed by atoms with van der Waals surface area (Å²) in [6, 6.07) is 0.0201. The van der Waals surface area contributed by atoms with E-state index in [0.717, 1.165) is 4.90 Å². The van der Waals surface area contributed by atoms with Crippen LogP contribution in [0.5, 0.6) is 0 Å². The van der Waals surface area contributed by atoms with Gasteiger partial charge in [0.25, 0.3) is 0 Å². The van der Waals surface area contributed by atoms with Crippen molar-refractivity contribution in [3.8, 4) is 0 Å². The summed E-state index contributed by atoms with van der Waals surface area (Å²) < 4.78 is 40.2. The van der Waals surface area contributed by atoms with Crippen LogP contribution in [0, 0.1) is 0 Å². The normalized spacial score (nSPS) is 18.1. The van der Waals surface area contributed by atoms with Crippen LogP contribution in [0.3, 0.4) is 0 Å². The maximum absolute atomic E-state index is 13.2. The number of carbonyl (C=O) groups excluding carboxylic acids is 1. The van der Waals surface area contributed by atoms with Gasteiger partial charge in [-0.25, -0.2) is 4.79 Å². The summed E-state index contributed by atoms with van der Waals surface area (Å²) >= 11 is 3.12. The van der Waals surface area contributed by atoms with Gasteiger partial charge >= 0.3 is 12.2 Å². The first-order chi connectivity index (χ1) is 8.89. The van der Waals surface area contributed by atoms with Crippen molar-refractivity contribution in [2.24, 2.45) is 0 Å². The monoisotopic (exact) mass is 337 g/mol. The van der Waals surface area contributed by atoms with Crippen molar-refractivity contribution in [1.82, 2.24) is 15.2 Å². The average molecular weight is 338 g/mol. The van der Waals surface area contributed by atoms with Gasteiger partial charge in [0, 0.05) is 23.8 Å². The Labute approximate surface area is 116 Å². The number of amides is 2. The van der Waals surface area contributed by atoms with Crippen LogP contribution in [-0.4, -0.2) is 35.2 Å². The van der Waals surface area contributed by atoms with Gasteiger partial charge in [0.2, 0.25) is 0 Å². The molecular formula is C11H11BrF3N3O. The average Bonchev–Trinajstić information content (AvgIpc) is 2.33. The quantitative estimate of drug-likeness (QED) is 0.901. The minimum atomic E-state index is -4.56. The molecule has 19 heavy (non-hydrogen) atoms.